The first-order chi connectivity index (χ1) is 8.16. The van der Waals surface area contributed by atoms with Crippen molar-refractivity contribution in [2.24, 2.45) is 5.73 Å². The number of nitrogens with zero attached hydrogens (tertiary/aromatic N) is 2. The van der Waals surface area contributed by atoms with E-state index in [1.165, 1.54) is 0 Å². The Labute approximate surface area is 100 Å². The van der Waals surface area contributed by atoms with Gasteiger partial charge >= 0.3 is 0 Å². The number of rotatable bonds is 7. The van der Waals surface area contributed by atoms with Gasteiger partial charge < -0.3 is 20.5 Å². The first-order valence-corrected chi connectivity index (χ1v) is 5.31. The van der Waals surface area contributed by atoms with Crippen molar-refractivity contribution in [2.45, 2.75) is 0 Å². The van der Waals surface area contributed by atoms with E-state index in [1.54, 1.807) is 30.3 Å². The zero-order valence-corrected chi connectivity index (χ0v) is 9.80. The van der Waals surface area contributed by atoms with Crippen molar-refractivity contribution in [3.8, 4) is 0 Å². The summed E-state index contributed by atoms with van der Waals surface area (Å²) in [6, 6.07) is 3.30. The minimum Gasteiger partial charge on any atom is -0.394 e. The van der Waals surface area contributed by atoms with E-state index in [2.05, 4.69) is 4.98 Å². The Hall–Kier alpha value is -1.66. The normalized spacial score (nSPS) is 10.2. The number of pyridine rings is 1. The summed E-state index contributed by atoms with van der Waals surface area (Å²) in [5.41, 5.74) is 5.65. The molecule has 1 aromatic heterocycles. The number of anilines is 1. The Balaban J connectivity index is 2.62. The van der Waals surface area contributed by atoms with Gasteiger partial charge in [0.1, 0.15) is 5.82 Å². The summed E-state index contributed by atoms with van der Waals surface area (Å²) in [6.45, 7) is 1.32. The Morgan fingerprint density at radius 3 is 3.00 bits per heavy atom. The molecule has 1 heterocycles. The SMILES string of the molecule is CN(CCOCCO)c1ncccc1C(N)=O. The number of hydrogen-bond acceptors (Lipinski definition) is 5. The van der Waals surface area contributed by atoms with E-state index in [-0.39, 0.29) is 6.61 Å². The zero-order chi connectivity index (χ0) is 12.7. The van der Waals surface area contributed by atoms with Gasteiger partial charge in [0.05, 0.1) is 25.4 Å². The third-order valence-corrected chi connectivity index (χ3v) is 2.22. The number of aromatic nitrogens is 1. The highest BCUT2D eigenvalue weighted by molar-refractivity contribution is 5.97. The maximum absolute atomic E-state index is 11.2. The van der Waals surface area contributed by atoms with Gasteiger partial charge in [0.2, 0.25) is 0 Å². The number of carbonyl (C=O) groups is 1. The molecule has 0 unspecified atom stereocenters. The van der Waals surface area contributed by atoms with Gasteiger partial charge in [-0.25, -0.2) is 4.98 Å². The van der Waals surface area contributed by atoms with E-state index in [0.717, 1.165) is 0 Å². The van der Waals surface area contributed by atoms with Crippen LogP contribution < -0.4 is 10.6 Å². The van der Waals surface area contributed by atoms with Crippen molar-refractivity contribution >= 4 is 11.7 Å². The largest absolute Gasteiger partial charge is 0.394 e. The average Bonchev–Trinajstić information content (AvgIpc) is 2.34. The molecule has 0 aliphatic rings. The number of amides is 1. The fraction of sp³-hybridized carbons (Fsp3) is 0.455. The Morgan fingerprint density at radius 1 is 1.59 bits per heavy atom. The Kier molecular flexibility index (Phi) is 5.38. The van der Waals surface area contributed by atoms with Gasteiger partial charge in [-0.3, -0.25) is 4.79 Å². The summed E-state index contributed by atoms with van der Waals surface area (Å²) in [4.78, 5) is 17.1. The summed E-state index contributed by atoms with van der Waals surface area (Å²) in [6.07, 6.45) is 1.60. The van der Waals surface area contributed by atoms with Gasteiger partial charge in [-0.05, 0) is 12.1 Å². The summed E-state index contributed by atoms with van der Waals surface area (Å²) in [5, 5.41) is 8.55. The predicted octanol–water partition coefficient (Wildman–Crippen LogP) is -0.374. The highest BCUT2D eigenvalue weighted by Gasteiger charge is 2.12. The minimum atomic E-state index is -0.503. The molecule has 0 saturated heterocycles. The number of carbonyl (C=O) groups excluding carboxylic acids is 1. The highest BCUT2D eigenvalue weighted by Crippen LogP contribution is 2.14. The lowest BCUT2D eigenvalue weighted by Gasteiger charge is -2.19. The molecule has 0 bridgehead atoms. The van der Waals surface area contributed by atoms with Crippen LogP contribution >= 0.6 is 0 Å². The fourth-order valence-corrected chi connectivity index (χ4v) is 1.37. The Bertz CT molecular complexity index is 371. The molecule has 0 fully saturated rings. The van der Waals surface area contributed by atoms with Crippen LogP contribution in [0.1, 0.15) is 10.4 Å². The molecule has 3 N–H and O–H groups in total. The van der Waals surface area contributed by atoms with E-state index in [0.29, 0.717) is 31.1 Å². The van der Waals surface area contributed by atoms with Crippen LogP contribution in [0, 0.1) is 0 Å². The third-order valence-electron chi connectivity index (χ3n) is 2.22. The summed E-state index contributed by atoms with van der Waals surface area (Å²) >= 11 is 0. The van der Waals surface area contributed by atoms with Crippen molar-refractivity contribution in [1.82, 2.24) is 4.98 Å². The maximum atomic E-state index is 11.2. The number of aliphatic hydroxyl groups is 1. The molecule has 0 saturated carbocycles. The third kappa shape index (κ3) is 4.01. The fourth-order valence-electron chi connectivity index (χ4n) is 1.37. The monoisotopic (exact) mass is 239 g/mol. The van der Waals surface area contributed by atoms with Gasteiger partial charge in [0.25, 0.3) is 5.91 Å². The summed E-state index contributed by atoms with van der Waals surface area (Å²) in [5.74, 6) is 0.0313. The van der Waals surface area contributed by atoms with E-state index in [9.17, 15) is 4.79 Å². The van der Waals surface area contributed by atoms with E-state index < -0.39 is 5.91 Å². The van der Waals surface area contributed by atoms with Crippen LogP contribution in [0.4, 0.5) is 5.82 Å². The van der Waals surface area contributed by atoms with Crippen molar-refractivity contribution < 1.29 is 14.6 Å². The first kappa shape index (κ1) is 13.4. The van der Waals surface area contributed by atoms with E-state index in [1.807, 2.05) is 0 Å². The second kappa shape index (κ2) is 6.82. The molecule has 0 spiro atoms. The molecule has 6 nitrogen and oxygen atoms in total. The number of nitrogens with two attached hydrogens (primary N) is 1. The van der Waals surface area contributed by atoms with Crippen LogP contribution in [0.15, 0.2) is 18.3 Å². The summed E-state index contributed by atoms with van der Waals surface area (Å²) < 4.78 is 5.14. The number of ether oxygens (including phenoxy) is 1. The van der Waals surface area contributed by atoms with Crippen molar-refractivity contribution in [2.75, 3.05) is 38.3 Å². The average molecular weight is 239 g/mol. The van der Waals surface area contributed by atoms with Crippen LogP contribution in [0.25, 0.3) is 0 Å². The molecule has 0 atom stereocenters. The molecular formula is C11H17N3O3. The molecule has 6 heteroatoms. The molecule has 0 radical (unpaired) electrons. The van der Waals surface area contributed by atoms with Crippen LogP contribution in [-0.4, -0.2) is 49.4 Å². The van der Waals surface area contributed by atoms with E-state index in [4.69, 9.17) is 15.6 Å². The lowest BCUT2D eigenvalue weighted by molar-refractivity contribution is 0.0968. The zero-order valence-electron chi connectivity index (χ0n) is 9.80. The van der Waals surface area contributed by atoms with Crippen molar-refractivity contribution in [3.63, 3.8) is 0 Å². The number of primary amides is 1. The topological polar surface area (TPSA) is 88.7 Å². The number of likely N-dealkylation sites (N-methyl/N-ethyl adjacent to an activating group) is 1. The predicted molar refractivity (Wildman–Crippen MR) is 63.9 cm³/mol. The number of aliphatic hydroxyl groups excluding tert-OH is 1. The van der Waals surface area contributed by atoms with Crippen LogP contribution in [0.5, 0.6) is 0 Å². The molecule has 0 aromatic carbocycles. The molecule has 1 rings (SSSR count). The molecule has 0 aliphatic heterocycles. The van der Waals surface area contributed by atoms with Gasteiger partial charge in [-0.15, -0.1) is 0 Å². The smallest absolute Gasteiger partial charge is 0.252 e. The number of hydrogen-bond donors (Lipinski definition) is 2. The van der Waals surface area contributed by atoms with Crippen LogP contribution in [0.2, 0.25) is 0 Å². The minimum absolute atomic E-state index is 0.000162. The molecule has 1 amide bonds. The second-order valence-corrected chi connectivity index (χ2v) is 3.50. The molecular weight excluding hydrogens is 222 g/mol. The van der Waals surface area contributed by atoms with Crippen molar-refractivity contribution in [1.29, 1.82) is 0 Å². The summed E-state index contributed by atoms with van der Waals surface area (Å²) in [7, 11) is 1.80. The van der Waals surface area contributed by atoms with E-state index >= 15 is 0 Å². The molecule has 0 aliphatic carbocycles. The van der Waals surface area contributed by atoms with Gasteiger partial charge in [-0.2, -0.15) is 0 Å². The lowest BCUT2D eigenvalue weighted by Crippen LogP contribution is -2.27. The first-order valence-electron chi connectivity index (χ1n) is 5.31. The molecule has 17 heavy (non-hydrogen) atoms. The van der Waals surface area contributed by atoms with Crippen molar-refractivity contribution in [3.05, 3.63) is 23.9 Å². The standard InChI is InChI=1S/C11H17N3O3/c1-14(5-7-17-8-6-15)11-9(10(12)16)3-2-4-13-11/h2-4,15H,5-8H2,1H3,(H2,12,16). The van der Waals surface area contributed by atoms with Gasteiger partial charge in [0.15, 0.2) is 0 Å². The highest BCUT2D eigenvalue weighted by atomic mass is 16.5. The quantitative estimate of drug-likeness (QED) is 0.633. The van der Waals surface area contributed by atoms with Crippen LogP contribution in [-0.2, 0) is 4.74 Å². The second-order valence-electron chi connectivity index (χ2n) is 3.50. The van der Waals surface area contributed by atoms with Gasteiger partial charge in [0, 0.05) is 19.8 Å². The van der Waals surface area contributed by atoms with Crippen LogP contribution in [0.3, 0.4) is 0 Å². The Morgan fingerprint density at radius 2 is 2.35 bits per heavy atom. The molecule has 94 valence electrons. The molecule has 1 aromatic rings. The lowest BCUT2D eigenvalue weighted by atomic mass is 10.2. The van der Waals surface area contributed by atoms with Gasteiger partial charge in [-0.1, -0.05) is 0 Å². The maximum Gasteiger partial charge on any atom is 0.252 e.